The van der Waals surface area contributed by atoms with Crippen LogP contribution in [-0.2, 0) is 25.9 Å². The zero-order chi connectivity index (χ0) is 12.8. The minimum absolute atomic E-state index is 0.345. The van der Waals surface area contributed by atoms with Crippen LogP contribution in [0.15, 0.2) is 0 Å². The Bertz CT molecular complexity index is 542. The van der Waals surface area contributed by atoms with Gasteiger partial charge < -0.3 is 0 Å². The molecule has 0 saturated heterocycles. The van der Waals surface area contributed by atoms with Crippen LogP contribution in [0.3, 0.4) is 0 Å². The van der Waals surface area contributed by atoms with Gasteiger partial charge >= 0.3 is 0 Å². The van der Waals surface area contributed by atoms with Gasteiger partial charge in [0.1, 0.15) is 13.1 Å². The van der Waals surface area contributed by atoms with Crippen molar-refractivity contribution in [2.45, 2.75) is 25.9 Å². The van der Waals surface area contributed by atoms with Crippen LogP contribution in [0, 0.1) is 24.7 Å². The van der Waals surface area contributed by atoms with Gasteiger partial charge in [0.15, 0.2) is 11.6 Å². The van der Waals surface area contributed by atoms with E-state index >= 15 is 0 Å². The number of nitrogens with zero attached hydrogens (tertiary/aromatic N) is 8. The summed E-state index contributed by atoms with van der Waals surface area (Å²) in [7, 11) is 0. The van der Waals surface area contributed by atoms with Gasteiger partial charge in [-0.15, -0.1) is 23.0 Å². The molecule has 8 nitrogen and oxygen atoms in total. The van der Waals surface area contributed by atoms with Gasteiger partial charge in [0.05, 0.1) is 0 Å². The zero-order valence-corrected chi connectivity index (χ0v) is 9.56. The first-order valence-corrected chi connectivity index (χ1v) is 5.22. The Balaban J connectivity index is 2.03. The van der Waals surface area contributed by atoms with E-state index in [1.54, 1.807) is 9.36 Å². The monoisotopic (exact) mass is 242 g/mol. The van der Waals surface area contributed by atoms with E-state index < -0.39 is 0 Å². The van der Waals surface area contributed by atoms with Crippen molar-refractivity contribution in [1.29, 1.82) is 0 Å². The first kappa shape index (κ1) is 11.7. The molecule has 18 heavy (non-hydrogen) atoms. The molecule has 2 heterocycles. The Hall–Kier alpha value is -2.74. The smallest absolute Gasteiger partial charge is 0.152 e. The van der Waals surface area contributed by atoms with Crippen molar-refractivity contribution in [2.24, 2.45) is 0 Å². The lowest BCUT2D eigenvalue weighted by atomic mass is 10.3. The predicted molar refractivity (Wildman–Crippen MR) is 60.7 cm³/mol. The minimum atomic E-state index is 0.345. The Labute approximate surface area is 103 Å². The van der Waals surface area contributed by atoms with E-state index in [4.69, 9.17) is 12.8 Å². The highest BCUT2D eigenvalue weighted by atomic mass is 15.5. The molecule has 2 aromatic rings. The summed E-state index contributed by atoms with van der Waals surface area (Å²) in [6.45, 7) is 0.690. The van der Waals surface area contributed by atoms with Gasteiger partial charge in [0.25, 0.3) is 0 Å². The number of aromatic nitrogens is 8. The van der Waals surface area contributed by atoms with E-state index in [1.165, 1.54) is 0 Å². The third-order valence-electron chi connectivity index (χ3n) is 2.27. The fourth-order valence-corrected chi connectivity index (χ4v) is 1.45. The lowest BCUT2D eigenvalue weighted by Gasteiger charge is -2.01. The highest BCUT2D eigenvalue weighted by Gasteiger charge is 2.09. The molecule has 8 heteroatoms. The quantitative estimate of drug-likeness (QED) is 0.606. The summed E-state index contributed by atoms with van der Waals surface area (Å²) in [6, 6.07) is 0. The van der Waals surface area contributed by atoms with E-state index in [0.29, 0.717) is 37.6 Å². The summed E-state index contributed by atoms with van der Waals surface area (Å²) >= 11 is 0. The van der Waals surface area contributed by atoms with Crippen LogP contribution < -0.4 is 0 Å². The van der Waals surface area contributed by atoms with Crippen LogP contribution in [0.4, 0.5) is 0 Å². The molecule has 0 aliphatic heterocycles. The maximum Gasteiger partial charge on any atom is 0.152 e. The van der Waals surface area contributed by atoms with E-state index in [1.807, 2.05) is 0 Å². The van der Waals surface area contributed by atoms with Gasteiger partial charge in [0.2, 0.25) is 0 Å². The van der Waals surface area contributed by atoms with Gasteiger partial charge in [-0.1, -0.05) is 11.8 Å². The second kappa shape index (κ2) is 5.55. The van der Waals surface area contributed by atoms with Crippen LogP contribution in [0.1, 0.15) is 11.6 Å². The molecule has 0 N–H and O–H groups in total. The molecule has 0 spiro atoms. The highest BCUT2D eigenvalue weighted by molar-refractivity contribution is 4.95. The van der Waals surface area contributed by atoms with Crippen LogP contribution in [0.5, 0.6) is 0 Å². The topological polar surface area (TPSA) is 87.2 Å². The predicted octanol–water partition coefficient (Wildman–Crippen LogP) is -1.29. The summed E-state index contributed by atoms with van der Waals surface area (Å²) in [4.78, 5) is 0. The van der Waals surface area contributed by atoms with E-state index in [-0.39, 0.29) is 0 Å². The van der Waals surface area contributed by atoms with Crippen LogP contribution in [0.25, 0.3) is 0 Å². The molecule has 0 aromatic carbocycles. The third kappa shape index (κ3) is 2.50. The lowest BCUT2D eigenvalue weighted by Crippen LogP contribution is -2.10. The SMILES string of the molecule is C#CCn1nnnc1CCc1nnnn1CC#C. The summed E-state index contributed by atoms with van der Waals surface area (Å²) in [5.74, 6) is 6.36. The average molecular weight is 242 g/mol. The van der Waals surface area contributed by atoms with Gasteiger partial charge in [-0.25, -0.2) is 9.36 Å². The largest absolute Gasteiger partial charge is 0.218 e. The van der Waals surface area contributed by atoms with E-state index in [9.17, 15) is 0 Å². The second-order valence-corrected chi connectivity index (χ2v) is 3.41. The van der Waals surface area contributed by atoms with Crippen LogP contribution in [-0.4, -0.2) is 40.4 Å². The fraction of sp³-hybridized carbons (Fsp3) is 0.400. The molecule has 0 bridgehead atoms. The number of tetrazole rings is 2. The summed E-state index contributed by atoms with van der Waals surface area (Å²) in [5, 5.41) is 22.5. The second-order valence-electron chi connectivity index (χ2n) is 3.41. The van der Waals surface area contributed by atoms with Crippen molar-refractivity contribution in [2.75, 3.05) is 0 Å². The number of aryl methyl sites for hydroxylation is 2. The molecule has 0 saturated carbocycles. The van der Waals surface area contributed by atoms with Gasteiger partial charge in [0, 0.05) is 12.8 Å². The highest BCUT2D eigenvalue weighted by Crippen LogP contribution is 2.00. The molecule has 0 atom stereocenters. The molecular formula is C10H10N8. The molecule has 0 radical (unpaired) electrons. The van der Waals surface area contributed by atoms with Gasteiger partial charge in [-0.2, -0.15) is 0 Å². The first-order chi connectivity index (χ1) is 8.85. The summed E-state index contributed by atoms with van der Waals surface area (Å²) < 4.78 is 3.13. The molecule has 2 aromatic heterocycles. The number of terminal acetylenes is 2. The Kier molecular flexibility index (Phi) is 3.62. The summed E-state index contributed by atoms with van der Waals surface area (Å²) in [6.07, 6.45) is 11.6. The maximum absolute atomic E-state index is 5.22. The van der Waals surface area contributed by atoms with Crippen molar-refractivity contribution < 1.29 is 0 Å². The Morgan fingerprint density at radius 3 is 1.67 bits per heavy atom. The molecular weight excluding hydrogens is 232 g/mol. The molecule has 0 amide bonds. The van der Waals surface area contributed by atoms with Gasteiger partial charge in [-0.3, -0.25) is 0 Å². The minimum Gasteiger partial charge on any atom is -0.218 e. The lowest BCUT2D eigenvalue weighted by molar-refractivity contribution is 0.609. The fourth-order valence-electron chi connectivity index (χ4n) is 1.45. The molecule has 0 aliphatic rings. The Morgan fingerprint density at radius 1 is 0.833 bits per heavy atom. The van der Waals surface area contributed by atoms with Crippen LogP contribution in [0.2, 0.25) is 0 Å². The van der Waals surface area contributed by atoms with E-state index in [2.05, 4.69) is 42.9 Å². The first-order valence-electron chi connectivity index (χ1n) is 5.22. The molecule has 2 rings (SSSR count). The van der Waals surface area contributed by atoms with Crippen molar-refractivity contribution in [3.63, 3.8) is 0 Å². The number of rotatable bonds is 5. The molecule has 0 fully saturated rings. The van der Waals surface area contributed by atoms with Crippen molar-refractivity contribution >= 4 is 0 Å². The number of hydrogen-bond acceptors (Lipinski definition) is 6. The van der Waals surface area contributed by atoms with Crippen molar-refractivity contribution in [3.05, 3.63) is 11.6 Å². The molecule has 0 unspecified atom stereocenters. The van der Waals surface area contributed by atoms with Crippen molar-refractivity contribution in [1.82, 2.24) is 40.4 Å². The third-order valence-corrected chi connectivity index (χ3v) is 2.27. The maximum atomic E-state index is 5.22. The van der Waals surface area contributed by atoms with Crippen LogP contribution >= 0.6 is 0 Å². The summed E-state index contributed by atoms with van der Waals surface area (Å²) in [5.41, 5.74) is 0. The molecule has 90 valence electrons. The number of hydrogen-bond donors (Lipinski definition) is 0. The van der Waals surface area contributed by atoms with Crippen molar-refractivity contribution in [3.8, 4) is 24.7 Å². The zero-order valence-electron chi connectivity index (χ0n) is 9.56. The normalized spacial score (nSPS) is 9.89. The van der Waals surface area contributed by atoms with E-state index in [0.717, 1.165) is 0 Å². The van der Waals surface area contributed by atoms with Gasteiger partial charge in [-0.05, 0) is 20.9 Å². The average Bonchev–Trinajstić information content (AvgIpc) is 2.97. The standard InChI is InChI=1S/C10H10N8/c1-3-7-17-9(11-13-15-17)5-6-10-12-14-16-18(10)8-4-2/h1-2H,5-8H2. The molecule has 0 aliphatic carbocycles. The Morgan fingerprint density at radius 2 is 1.28 bits per heavy atom.